The average Bonchev–Trinajstić information content (AvgIpc) is 3.53. The van der Waals surface area contributed by atoms with E-state index >= 15 is 0 Å². The minimum atomic E-state index is -0.838. The van der Waals surface area contributed by atoms with Crippen molar-refractivity contribution in [3.8, 4) is 0 Å². The van der Waals surface area contributed by atoms with Gasteiger partial charge < -0.3 is 20.3 Å². The second kappa shape index (κ2) is 73.5. The highest BCUT2D eigenvalue weighted by molar-refractivity contribution is 5.76. The lowest BCUT2D eigenvalue weighted by Gasteiger charge is -2.20. The van der Waals surface area contributed by atoms with Gasteiger partial charge in [0.05, 0.1) is 25.4 Å². The van der Waals surface area contributed by atoms with Crippen molar-refractivity contribution in [3.05, 3.63) is 36.5 Å². The van der Waals surface area contributed by atoms with Crippen LogP contribution in [0, 0.1) is 0 Å². The Bertz CT molecular complexity index is 1360. The van der Waals surface area contributed by atoms with Crippen LogP contribution in [0.15, 0.2) is 36.5 Å². The van der Waals surface area contributed by atoms with Crippen LogP contribution in [-0.4, -0.2) is 47.4 Å². The smallest absolute Gasteiger partial charge is 0.305 e. The van der Waals surface area contributed by atoms with Crippen molar-refractivity contribution >= 4 is 11.9 Å². The maximum atomic E-state index is 12.4. The van der Waals surface area contributed by atoms with Crippen LogP contribution in [-0.2, 0) is 14.3 Å². The first-order valence-corrected chi connectivity index (χ1v) is 38.3. The monoisotopic (exact) mass is 1180 g/mol. The summed E-state index contributed by atoms with van der Waals surface area (Å²) in [5, 5.41) is 23.1. The zero-order valence-electron chi connectivity index (χ0n) is 56.9. The first-order valence-electron chi connectivity index (χ1n) is 38.3. The molecule has 0 aromatic carbocycles. The zero-order valence-corrected chi connectivity index (χ0v) is 56.9. The third kappa shape index (κ3) is 69.2. The Morgan fingerprint density at radius 1 is 0.333 bits per heavy atom. The van der Waals surface area contributed by atoms with Gasteiger partial charge in [-0.25, -0.2) is 0 Å². The molecule has 6 nitrogen and oxygen atoms in total. The number of amides is 1. The third-order valence-electron chi connectivity index (χ3n) is 17.9. The Labute approximate surface area is 525 Å². The molecule has 84 heavy (non-hydrogen) atoms. The number of carbonyl (C=O) groups excluding carboxylic acids is 2. The number of carbonyl (C=O) groups is 2. The predicted molar refractivity (Wildman–Crippen MR) is 370 cm³/mol. The lowest BCUT2D eigenvalue weighted by molar-refractivity contribution is -0.143. The Morgan fingerprint density at radius 2 is 0.595 bits per heavy atom. The van der Waals surface area contributed by atoms with E-state index in [0.29, 0.717) is 19.4 Å². The molecule has 2 unspecified atom stereocenters. The van der Waals surface area contributed by atoms with Gasteiger partial charge >= 0.3 is 5.97 Å². The molecule has 0 saturated heterocycles. The van der Waals surface area contributed by atoms with Crippen molar-refractivity contribution in [3.63, 3.8) is 0 Å². The van der Waals surface area contributed by atoms with Gasteiger partial charge in [-0.3, -0.25) is 9.59 Å². The van der Waals surface area contributed by atoms with Crippen molar-refractivity contribution < 1.29 is 24.5 Å². The second-order valence-electron chi connectivity index (χ2n) is 26.3. The quantitative estimate of drug-likeness (QED) is 0.0320. The minimum absolute atomic E-state index is 0.0165. The summed E-state index contributed by atoms with van der Waals surface area (Å²) >= 11 is 0. The molecule has 0 aromatic heterocycles. The first-order chi connectivity index (χ1) is 41.5. The number of nitrogens with one attached hydrogen (secondary N) is 1. The van der Waals surface area contributed by atoms with Crippen LogP contribution in [0.25, 0.3) is 0 Å². The Hall–Kier alpha value is -1.92. The van der Waals surface area contributed by atoms with Gasteiger partial charge in [-0.15, -0.1) is 0 Å². The Balaban J connectivity index is 3.28. The number of hydrogen-bond donors (Lipinski definition) is 3. The molecule has 0 aliphatic rings. The summed E-state index contributed by atoms with van der Waals surface area (Å²) in [7, 11) is 0. The number of ether oxygens (including phenoxy) is 1. The Kier molecular flexibility index (Phi) is 71.9. The van der Waals surface area contributed by atoms with E-state index in [1.165, 1.54) is 347 Å². The summed E-state index contributed by atoms with van der Waals surface area (Å²) in [5.74, 6) is -0.0448. The number of unbranched alkanes of at least 4 members (excludes halogenated alkanes) is 57. The fraction of sp³-hybridized carbons (Fsp3) is 0.897. The van der Waals surface area contributed by atoms with Gasteiger partial charge in [-0.2, -0.15) is 0 Å². The Morgan fingerprint density at radius 3 is 0.929 bits per heavy atom. The van der Waals surface area contributed by atoms with Crippen molar-refractivity contribution in [1.82, 2.24) is 5.32 Å². The van der Waals surface area contributed by atoms with E-state index in [2.05, 4.69) is 43.5 Å². The number of allylic oxidation sites excluding steroid dienone is 5. The fourth-order valence-corrected chi connectivity index (χ4v) is 12.1. The second-order valence-corrected chi connectivity index (χ2v) is 26.3. The molecule has 0 heterocycles. The van der Waals surface area contributed by atoms with E-state index < -0.39 is 12.1 Å². The van der Waals surface area contributed by atoms with Crippen LogP contribution in [0.5, 0.6) is 0 Å². The van der Waals surface area contributed by atoms with Gasteiger partial charge in [0, 0.05) is 12.8 Å². The topological polar surface area (TPSA) is 95.9 Å². The molecular formula is C78H149NO5. The van der Waals surface area contributed by atoms with E-state index in [1.54, 1.807) is 6.08 Å². The molecule has 496 valence electrons. The number of aliphatic hydroxyl groups excluding tert-OH is 2. The van der Waals surface area contributed by atoms with E-state index in [0.717, 1.165) is 51.4 Å². The molecule has 0 spiro atoms. The lowest BCUT2D eigenvalue weighted by Crippen LogP contribution is -2.45. The predicted octanol–water partition coefficient (Wildman–Crippen LogP) is 25.0. The van der Waals surface area contributed by atoms with Crippen LogP contribution < -0.4 is 5.32 Å². The zero-order chi connectivity index (χ0) is 60.6. The van der Waals surface area contributed by atoms with Gasteiger partial charge in [0.1, 0.15) is 0 Å². The van der Waals surface area contributed by atoms with Gasteiger partial charge in [-0.05, 0) is 64.2 Å². The highest BCUT2D eigenvalue weighted by Gasteiger charge is 2.18. The molecule has 0 aliphatic heterocycles. The van der Waals surface area contributed by atoms with Crippen LogP contribution >= 0.6 is 0 Å². The maximum absolute atomic E-state index is 12.4. The first kappa shape index (κ1) is 82.1. The van der Waals surface area contributed by atoms with Crippen molar-refractivity contribution in [2.45, 2.75) is 437 Å². The van der Waals surface area contributed by atoms with Crippen molar-refractivity contribution in [2.75, 3.05) is 13.2 Å². The molecule has 0 bridgehead atoms. The number of esters is 1. The summed E-state index contributed by atoms with van der Waals surface area (Å²) < 4.78 is 5.51. The van der Waals surface area contributed by atoms with Crippen molar-refractivity contribution in [2.24, 2.45) is 0 Å². The molecule has 6 heteroatoms. The summed E-state index contributed by atoms with van der Waals surface area (Å²) in [6, 6.07) is -0.621. The molecular weight excluding hydrogens is 1030 g/mol. The summed E-state index contributed by atoms with van der Waals surface area (Å²) in [5.41, 5.74) is 0. The number of rotatable bonds is 72. The molecule has 0 aromatic rings. The van der Waals surface area contributed by atoms with E-state index in [1.807, 2.05) is 6.08 Å². The molecule has 1 amide bonds. The summed E-state index contributed by atoms with van der Waals surface area (Å²) in [6.07, 6.45) is 95.6. The highest BCUT2D eigenvalue weighted by Crippen LogP contribution is 2.20. The largest absolute Gasteiger partial charge is 0.466 e. The van der Waals surface area contributed by atoms with Gasteiger partial charge in [-0.1, -0.05) is 384 Å². The van der Waals surface area contributed by atoms with E-state index in [9.17, 15) is 19.8 Å². The van der Waals surface area contributed by atoms with Crippen molar-refractivity contribution in [1.29, 1.82) is 0 Å². The summed E-state index contributed by atoms with van der Waals surface area (Å²) in [4.78, 5) is 24.5. The maximum Gasteiger partial charge on any atom is 0.305 e. The van der Waals surface area contributed by atoms with Crippen LogP contribution in [0.2, 0.25) is 0 Å². The lowest BCUT2D eigenvalue weighted by atomic mass is 10.0. The third-order valence-corrected chi connectivity index (χ3v) is 17.9. The van der Waals surface area contributed by atoms with Gasteiger partial charge in [0.2, 0.25) is 5.91 Å². The molecule has 0 radical (unpaired) electrons. The van der Waals surface area contributed by atoms with Crippen LogP contribution in [0.1, 0.15) is 425 Å². The molecule has 3 N–H and O–H groups in total. The van der Waals surface area contributed by atoms with Gasteiger partial charge in [0.15, 0.2) is 0 Å². The summed E-state index contributed by atoms with van der Waals surface area (Å²) in [6.45, 7) is 4.89. The molecule has 0 fully saturated rings. The standard InChI is InChI=1S/C78H149NO5/c1-3-5-7-9-11-13-15-16-17-41-45-48-52-56-60-64-68-72-78(83)84-73-69-65-61-57-53-49-46-43-40-38-36-34-32-30-28-26-24-22-20-18-19-21-23-25-27-29-31-33-35-37-39-42-44-47-51-55-59-63-67-71-77(82)79-75(74-80)76(81)70-66-62-58-54-50-14-12-10-8-6-4-2/h11,13,16-17,66,70,75-76,80-81H,3-10,12,14-15,18-65,67-69,71-74H2,1-2H3,(H,79,82)/b13-11-,17-16-,70-66+. The SMILES string of the molecule is CCCCC/C=C\C/C=C\CCCCCCCCCC(=O)OCCCCCCCCCCCCCCCCCCCCCCCCCCCCCCCCCCCCCCCCCC(=O)NC(CO)C(O)/C=C/CCCCCCCCCCC. The molecule has 0 aliphatic carbocycles. The number of aliphatic hydroxyl groups is 2. The highest BCUT2D eigenvalue weighted by atomic mass is 16.5. The normalized spacial score (nSPS) is 12.7. The average molecular weight is 1180 g/mol. The van der Waals surface area contributed by atoms with E-state index in [4.69, 9.17) is 4.74 Å². The molecule has 2 atom stereocenters. The minimum Gasteiger partial charge on any atom is -0.466 e. The van der Waals surface area contributed by atoms with Crippen LogP contribution in [0.3, 0.4) is 0 Å². The number of hydrogen-bond acceptors (Lipinski definition) is 5. The van der Waals surface area contributed by atoms with Gasteiger partial charge in [0.25, 0.3) is 0 Å². The molecule has 0 rings (SSSR count). The fourth-order valence-electron chi connectivity index (χ4n) is 12.1. The van der Waals surface area contributed by atoms with E-state index in [-0.39, 0.29) is 18.5 Å². The molecule has 0 saturated carbocycles. The van der Waals surface area contributed by atoms with Crippen LogP contribution in [0.4, 0.5) is 0 Å².